The standard InChI is InChI=1S/C19H23N5O2/c1-13-7-14(2)24(21-13)17-11-23(12-17)19(26)16-8-18(25)22(10-16)9-15-3-5-20-6-4-15/h3-7,16-17H,8-12H2,1-2H3. The minimum absolute atomic E-state index is 0.0516. The van der Waals surface area contributed by atoms with Crippen LogP contribution in [0.5, 0.6) is 0 Å². The van der Waals surface area contributed by atoms with Crippen molar-refractivity contribution in [1.82, 2.24) is 24.6 Å². The van der Waals surface area contributed by atoms with E-state index in [9.17, 15) is 9.59 Å². The van der Waals surface area contributed by atoms with Crippen LogP contribution in [0, 0.1) is 19.8 Å². The molecular formula is C19H23N5O2. The van der Waals surface area contributed by atoms with Crippen molar-refractivity contribution < 1.29 is 9.59 Å². The number of hydrogen-bond donors (Lipinski definition) is 0. The Balaban J connectivity index is 1.33. The zero-order valence-electron chi connectivity index (χ0n) is 15.1. The second-order valence-electron chi connectivity index (χ2n) is 7.30. The van der Waals surface area contributed by atoms with E-state index < -0.39 is 0 Å². The van der Waals surface area contributed by atoms with Gasteiger partial charge in [-0.05, 0) is 37.6 Å². The van der Waals surface area contributed by atoms with E-state index in [-0.39, 0.29) is 23.8 Å². The van der Waals surface area contributed by atoms with E-state index in [1.54, 1.807) is 17.3 Å². The van der Waals surface area contributed by atoms with E-state index in [1.165, 1.54) is 0 Å². The normalized spacial score (nSPS) is 20.5. The number of likely N-dealkylation sites (tertiary alicyclic amines) is 2. The molecule has 0 N–H and O–H groups in total. The second kappa shape index (κ2) is 6.55. The Kier molecular flexibility index (Phi) is 4.22. The van der Waals surface area contributed by atoms with E-state index in [1.807, 2.05) is 35.6 Å². The molecule has 7 nitrogen and oxygen atoms in total. The Hall–Kier alpha value is -2.70. The molecule has 2 aromatic rings. The molecule has 2 aliphatic heterocycles. The molecule has 0 aliphatic carbocycles. The summed E-state index contributed by atoms with van der Waals surface area (Å²) >= 11 is 0. The van der Waals surface area contributed by atoms with Crippen LogP contribution < -0.4 is 0 Å². The van der Waals surface area contributed by atoms with Crippen LogP contribution in [-0.4, -0.2) is 56.0 Å². The lowest BCUT2D eigenvalue weighted by molar-refractivity contribution is -0.141. The number of aromatic nitrogens is 3. The zero-order valence-corrected chi connectivity index (χ0v) is 15.1. The molecule has 2 amide bonds. The summed E-state index contributed by atoms with van der Waals surface area (Å²) in [4.78, 5) is 32.6. The highest BCUT2D eigenvalue weighted by Gasteiger charge is 2.41. The van der Waals surface area contributed by atoms with Crippen LogP contribution in [0.15, 0.2) is 30.6 Å². The molecule has 2 saturated heterocycles. The SMILES string of the molecule is Cc1cc(C)n(C2CN(C(=O)C3CC(=O)N(Cc4ccncc4)C3)C2)n1. The molecule has 2 aliphatic rings. The van der Waals surface area contributed by atoms with Crippen LogP contribution in [0.2, 0.25) is 0 Å². The van der Waals surface area contributed by atoms with Crippen molar-refractivity contribution in [1.29, 1.82) is 0 Å². The van der Waals surface area contributed by atoms with Crippen molar-refractivity contribution in [3.05, 3.63) is 47.5 Å². The summed E-state index contributed by atoms with van der Waals surface area (Å²) in [6.07, 6.45) is 3.75. The maximum atomic E-state index is 12.7. The Morgan fingerprint density at radius 3 is 2.58 bits per heavy atom. The number of hydrogen-bond acceptors (Lipinski definition) is 4. The van der Waals surface area contributed by atoms with Crippen LogP contribution in [0.3, 0.4) is 0 Å². The molecule has 26 heavy (non-hydrogen) atoms. The average molecular weight is 353 g/mol. The van der Waals surface area contributed by atoms with Crippen LogP contribution in [0.25, 0.3) is 0 Å². The third-order valence-electron chi connectivity index (χ3n) is 5.25. The van der Waals surface area contributed by atoms with Crippen LogP contribution >= 0.6 is 0 Å². The van der Waals surface area contributed by atoms with E-state index >= 15 is 0 Å². The first-order chi connectivity index (χ1) is 12.5. The summed E-state index contributed by atoms with van der Waals surface area (Å²) in [6, 6.07) is 6.10. The highest BCUT2D eigenvalue weighted by atomic mass is 16.2. The first-order valence-electron chi connectivity index (χ1n) is 8.99. The van der Waals surface area contributed by atoms with Crippen molar-refractivity contribution in [3.63, 3.8) is 0 Å². The first-order valence-corrected chi connectivity index (χ1v) is 8.99. The molecule has 0 radical (unpaired) electrons. The van der Waals surface area contributed by atoms with Crippen LogP contribution in [0.4, 0.5) is 0 Å². The molecule has 7 heteroatoms. The topological polar surface area (TPSA) is 71.3 Å². The Morgan fingerprint density at radius 1 is 1.19 bits per heavy atom. The van der Waals surface area contributed by atoms with E-state index in [0.29, 0.717) is 32.6 Å². The number of amides is 2. The average Bonchev–Trinajstić information content (AvgIpc) is 3.09. The molecule has 0 bridgehead atoms. The lowest BCUT2D eigenvalue weighted by atomic mass is 10.0. The van der Waals surface area contributed by atoms with Crippen molar-refractivity contribution in [3.8, 4) is 0 Å². The van der Waals surface area contributed by atoms with Gasteiger partial charge < -0.3 is 9.80 Å². The molecule has 4 rings (SSSR count). The fraction of sp³-hybridized carbons (Fsp3) is 0.474. The van der Waals surface area contributed by atoms with Gasteiger partial charge >= 0.3 is 0 Å². The van der Waals surface area contributed by atoms with E-state index in [0.717, 1.165) is 17.0 Å². The number of carbonyl (C=O) groups is 2. The van der Waals surface area contributed by atoms with Gasteiger partial charge in [-0.3, -0.25) is 19.3 Å². The summed E-state index contributed by atoms with van der Waals surface area (Å²) < 4.78 is 2.01. The third kappa shape index (κ3) is 3.09. The highest BCUT2D eigenvalue weighted by Crippen LogP contribution is 2.28. The molecule has 2 aromatic heterocycles. The molecule has 0 aromatic carbocycles. The summed E-state index contributed by atoms with van der Waals surface area (Å²) in [5.41, 5.74) is 3.16. The molecular weight excluding hydrogens is 330 g/mol. The molecule has 1 unspecified atom stereocenters. The smallest absolute Gasteiger partial charge is 0.228 e. The van der Waals surface area contributed by atoms with Crippen molar-refractivity contribution in [2.75, 3.05) is 19.6 Å². The quantitative estimate of drug-likeness (QED) is 0.831. The highest BCUT2D eigenvalue weighted by molar-refractivity contribution is 5.89. The van der Waals surface area contributed by atoms with Gasteiger partial charge in [-0.2, -0.15) is 5.10 Å². The Morgan fingerprint density at radius 2 is 1.92 bits per heavy atom. The molecule has 2 fully saturated rings. The number of rotatable bonds is 4. The van der Waals surface area contributed by atoms with Crippen LogP contribution in [-0.2, 0) is 16.1 Å². The Labute approximate surface area is 152 Å². The van der Waals surface area contributed by atoms with Gasteiger partial charge in [-0.15, -0.1) is 0 Å². The van der Waals surface area contributed by atoms with Gasteiger partial charge in [0.1, 0.15) is 0 Å². The van der Waals surface area contributed by atoms with Crippen molar-refractivity contribution in [2.24, 2.45) is 5.92 Å². The van der Waals surface area contributed by atoms with Gasteiger partial charge in [-0.25, -0.2) is 0 Å². The molecule has 0 saturated carbocycles. The largest absolute Gasteiger partial charge is 0.338 e. The minimum Gasteiger partial charge on any atom is -0.338 e. The van der Waals surface area contributed by atoms with Crippen molar-refractivity contribution in [2.45, 2.75) is 32.9 Å². The maximum Gasteiger partial charge on any atom is 0.228 e. The van der Waals surface area contributed by atoms with E-state index in [2.05, 4.69) is 16.1 Å². The predicted molar refractivity (Wildman–Crippen MR) is 95.1 cm³/mol. The third-order valence-corrected chi connectivity index (χ3v) is 5.25. The number of nitrogens with zero attached hydrogens (tertiary/aromatic N) is 5. The van der Waals surface area contributed by atoms with E-state index in [4.69, 9.17) is 0 Å². The molecule has 4 heterocycles. The summed E-state index contributed by atoms with van der Waals surface area (Å²) in [6.45, 7) is 6.41. The molecule has 1 atom stereocenters. The number of carbonyl (C=O) groups excluding carboxylic acids is 2. The summed E-state index contributed by atoms with van der Waals surface area (Å²) in [5, 5.41) is 4.51. The van der Waals surface area contributed by atoms with Gasteiger partial charge in [0, 0.05) is 50.7 Å². The number of pyridine rings is 1. The predicted octanol–water partition coefficient (Wildman–Crippen LogP) is 1.33. The monoisotopic (exact) mass is 353 g/mol. The fourth-order valence-electron chi connectivity index (χ4n) is 3.86. The van der Waals surface area contributed by atoms with Crippen LogP contribution in [0.1, 0.15) is 29.4 Å². The minimum atomic E-state index is -0.231. The molecule has 136 valence electrons. The Bertz CT molecular complexity index is 826. The van der Waals surface area contributed by atoms with Gasteiger partial charge in [0.05, 0.1) is 17.7 Å². The lowest BCUT2D eigenvalue weighted by Crippen LogP contribution is -2.53. The maximum absolute atomic E-state index is 12.7. The van der Waals surface area contributed by atoms with Gasteiger partial charge in [0.25, 0.3) is 0 Å². The number of aryl methyl sites for hydroxylation is 2. The zero-order chi connectivity index (χ0) is 18.3. The fourth-order valence-corrected chi connectivity index (χ4v) is 3.86. The molecule has 0 spiro atoms. The second-order valence-corrected chi connectivity index (χ2v) is 7.30. The summed E-state index contributed by atoms with van der Waals surface area (Å²) in [5.74, 6) is -0.0881. The van der Waals surface area contributed by atoms with Crippen molar-refractivity contribution >= 4 is 11.8 Å². The lowest BCUT2D eigenvalue weighted by Gasteiger charge is -2.41. The van der Waals surface area contributed by atoms with Gasteiger partial charge in [0.2, 0.25) is 11.8 Å². The van der Waals surface area contributed by atoms with Gasteiger partial charge in [0.15, 0.2) is 0 Å². The van der Waals surface area contributed by atoms with Gasteiger partial charge in [-0.1, -0.05) is 0 Å². The summed E-state index contributed by atoms with van der Waals surface area (Å²) in [7, 11) is 0. The first kappa shape index (κ1) is 16.8.